The van der Waals surface area contributed by atoms with Gasteiger partial charge >= 0.3 is 5.97 Å². The fraction of sp³-hybridized carbons (Fsp3) is 0.750. The van der Waals surface area contributed by atoms with E-state index in [0.717, 1.165) is 5.57 Å². The number of hydrogen-bond acceptors (Lipinski definition) is 4. The van der Waals surface area contributed by atoms with Gasteiger partial charge in [0.1, 0.15) is 6.61 Å². The topological polar surface area (TPSA) is 44.8 Å². The van der Waals surface area contributed by atoms with Crippen LogP contribution in [0.2, 0.25) is 0 Å². The molecule has 0 spiro atoms. The Kier molecular flexibility index (Phi) is 7.01. The third-order valence-corrected chi connectivity index (χ3v) is 2.31. The maximum Gasteiger partial charge on any atom is 0.314 e. The Morgan fingerprint density at radius 1 is 1.31 bits per heavy atom. The Balaban J connectivity index is 4.06. The Bertz CT molecular complexity index is 237. The van der Waals surface area contributed by atoms with Crippen LogP contribution in [0.25, 0.3) is 0 Å². The molecule has 0 bridgehead atoms. The van der Waals surface area contributed by atoms with Crippen molar-refractivity contribution in [3.8, 4) is 0 Å². The van der Waals surface area contributed by atoms with E-state index >= 15 is 0 Å². The number of esters is 1. The second-order valence-corrected chi connectivity index (χ2v) is 4.12. The fourth-order valence-corrected chi connectivity index (χ4v) is 0.925. The van der Waals surface area contributed by atoms with E-state index in [4.69, 9.17) is 14.5 Å². The van der Waals surface area contributed by atoms with Crippen LogP contribution >= 0.6 is 0 Å². The Hall–Kier alpha value is -0.870. The van der Waals surface area contributed by atoms with Gasteiger partial charge in [0.25, 0.3) is 0 Å². The predicted molar refractivity (Wildman–Crippen MR) is 61.7 cm³/mol. The minimum absolute atomic E-state index is 0.190. The Morgan fingerprint density at radius 2 is 1.94 bits per heavy atom. The zero-order valence-electron chi connectivity index (χ0n) is 10.7. The summed E-state index contributed by atoms with van der Waals surface area (Å²) >= 11 is 0. The lowest BCUT2D eigenvalue weighted by molar-refractivity contribution is -0.302. The van der Waals surface area contributed by atoms with Crippen LogP contribution in [-0.4, -0.2) is 25.8 Å². The molecule has 0 fully saturated rings. The summed E-state index contributed by atoms with van der Waals surface area (Å²) in [7, 11) is 0. The lowest BCUT2D eigenvalue weighted by atomic mass is 9.89. The van der Waals surface area contributed by atoms with Crippen molar-refractivity contribution in [3.63, 3.8) is 0 Å². The maximum atomic E-state index is 11.6. The number of rotatable bonds is 8. The molecule has 0 radical (unpaired) electrons. The molecule has 16 heavy (non-hydrogen) atoms. The maximum absolute atomic E-state index is 11.6. The third kappa shape index (κ3) is 5.28. The van der Waals surface area contributed by atoms with Crippen molar-refractivity contribution in [1.29, 1.82) is 0 Å². The third-order valence-electron chi connectivity index (χ3n) is 2.31. The van der Waals surface area contributed by atoms with Crippen LogP contribution in [0.4, 0.5) is 0 Å². The van der Waals surface area contributed by atoms with Crippen molar-refractivity contribution in [1.82, 2.24) is 0 Å². The van der Waals surface area contributed by atoms with Crippen LogP contribution in [0.1, 0.15) is 34.1 Å². The normalized spacial score (nSPS) is 14.2. The van der Waals surface area contributed by atoms with E-state index in [2.05, 4.69) is 6.58 Å². The Labute approximate surface area is 97.5 Å². The minimum atomic E-state index is -0.648. The summed E-state index contributed by atoms with van der Waals surface area (Å²) in [6.45, 7) is 11.9. The van der Waals surface area contributed by atoms with E-state index in [9.17, 15) is 4.79 Å². The monoisotopic (exact) mass is 230 g/mol. The first-order valence-electron chi connectivity index (χ1n) is 5.52. The smallest absolute Gasteiger partial charge is 0.314 e. The molecule has 1 unspecified atom stereocenters. The van der Waals surface area contributed by atoms with Gasteiger partial charge in [0.15, 0.2) is 0 Å². The van der Waals surface area contributed by atoms with Crippen molar-refractivity contribution >= 4 is 5.97 Å². The summed E-state index contributed by atoms with van der Waals surface area (Å²) in [4.78, 5) is 21.6. The van der Waals surface area contributed by atoms with Gasteiger partial charge in [0.05, 0.1) is 18.6 Å². The van der Waals surface area contributed by atoms with Crippen LogP contribution in [0.3, 0.4) is 0 Å². The molecule has 94 valence electrons. The lowest BCUT2D eigenvalue weighted by Gasteiger charge is -2.24. The molecular formula is C12H22O4. The molecule has 0 saturated heterocycles. The first kappa shape index (κ1) is 15.1. The van der Waals surface area contributed by atoms with E-state index in [-0.39, 0.29) is 12.6 Å². The van der Waals surface area contributed by atoms with Gasteiger partial charge in [-0.15, -0.1) is 0 Å². The quantitative estimate of drug-likeness (QED) is 0.211. The van der Waals surface area contributed by atoms with Gasteiger partial charge in [-0.2, -0.15) is 0 Å². The van der Waals surface area contributed by atoms with Crippen LogP contribution in [0.5, 0.6) is 0 Å². The van der Waals surface area contributed by atoms with Gasteiger partial charge in [-0.25, -0.2) is 9.78 Å². The van der Waals surface area contributed by atoms with Gasteiger partial charge in [-0.3, -0.25) is 4.79 Å². The van der Waals surface area contributed by atoms with Crippen LogP contribution in [0, 0.1) is 5.41 Å². The summed E-state index contributed by atoms with van der Waals surface area (Å²) in [5.41, 5.74) is 0.222. The summed E-state index contributed by atoms with van der Waals surface area (Å²) in [5, 5.41) is 0. The van der Waals surface area contributed by atoms with Gasteiger partial charge in [0.2, 0.25) is 0 Å². The summed E-state index contributed by atoms with van der Waals surface area (Å²) in [6, 6.07) is 0. The molecule has 0 aromatic heterocycles. The van der Waals surface area contributed by atoms with Crippen LogP contribution in [-0.2, 0) is 19.3 Å². The zero-order chi connectivity index (χ0) is 12.6. The van der Waals surface area contributed by atoms with Crippen LogP contribution < -0.4 is 0 Å². The zero-order valence-corrected chi connectivity index (χ0v) is 10.7. The molecular weight excluding hydrogens is 208 g/mol. The molecule has 0 saturated carbocycles. The molecule has 1 atom stereocenters. The van der Waals surface area contributed by atoms with Gasteiger partial charge in [-0.1, -0.05) is 19.1 Å². The number of hydrogen-bond donors (Lipinski definition) is 0. The predicted octanol–water partition coefficient (Wildman–Crippen LogP) is 2.49. The molecule has 0 N–H and O–H groups in total. The minimum Gasteiger partial charge on any atom is -0.466 e. The van der Waals surface area contributed by atoms with Crippen molar-refractivity contribution in [2.75, 3.05) is 19.8 Å². The standard InChI is InChI=1S/C12H22O4/c1-6-12(5,11(13)14-7-2)9-16-15-8-10(3)4/h3,6-9H2,1-2,4-5H3. The van der Waals surface area contributed by atoms with Gasteiger partial charge < -0.3 is 4.74 Å². The second kappa shape index (κ2) is 7.41. The summed E-state index contributed by atoms with van der Waals surface area (Å²) in [6.07, 6.45) is 0.641. The average Bonchev–Trinajstić information content (AvgIpc) is 2.24. The molecule has 0 aromatic carbocycles. The van der Waals surface area contributed by atoms with E-state index in [1.54, 1.807) is 13.8 Å². The summed E-state index contributed by atoms with van der Waals surface area (Å²) in [5.74, 6) is -0.253. The SMILES string of the molecule is C=C(C)COOCC(C)(CC)C(=O)OCC. The molecule has 0 aliphatic heterocycles. The van der Waals surface area contributed by atoms with Crippen molar-refractivity contribution < 1.29 is 19.3 Å². The number of carbonyl (C=O) groups is 1. The molecule has 4 nitrogen and oxygen atoms in total. The highest BCUT2D eigenvalue weighted by molar-refractivity contribution is 5.76. The van der Waals surface area contributed by atoms with E-state index < -0.39 is 5.41 Å². The van der Waals surface area contributed by atoms with E-state index in [1.807, 2.05) is 13.8 Å². The molecule has 0 aliphatic carbocycles. The molecule has 0 aromatic rings. The van der Waals surface area contributed by atoms with Crippen molar-refractivity contribution in [3.05, 3.63) is 12.2 Å². The lowest BCUT2D eigenvalue weighted by Crippen LogP contribution is -2.34. The number of ether oxygens (including phenoxy) is 1. The van der Waals surface area contributed by atoms with Gasteiger partial charge in [-0.05, 0) is 27.2 Å². The highest BCUT2D eigenvalue weighted by atomic mass is 17.2. The van der Waals surface area contributed by atoms with E-state index in [1.165, 1.54) is 0 Å². The first-order chi connectivity index (χ1) is 7.46. The first-order valence-corrected chi connectivity index (χ1v) is 5.52. The second-order valence-electron chi connectivity index (χ2n) is 4.12. The molecule has 0 aliphatic rings. The molecule has 0 amide bonds. The highest BCUT2D eigenvalue weighted by Crippen LogP contribution is 2.23. The Morgan fingerprint density at radius 3 is 2.38 bits per heavy atom. The largest absolute Gasteiger partial charge is 0.466 e. The van der Waals surface area contributed by atoms with E-state index in [0.29, 0.717) is 19.6 Å². The molecule has 0 rings (SSSR count). The molecule has 0 heterocycles. The summed E-state index contributed by atoms with van der Waals surface area (Å²) < 4.78 is 4.98. The highest BCUT2D eigenvalue weighted by Gasteiger charge is 2.33. The number of carbonyl (C=O) groups excluding carboxylic acids is 1. The van der Waals surface area contributed by atoms with Crippen molar-refractivity contribution in [2.45, 2.75) is 34.1 Å². The van der Waals surface area contributed by atoms with Crippen molar-refractivity contribution in [2.24, 2.45) is 5.41 Å². The average molecular weight is 230 g/mol. The molecule has 4 heteroatoms. The van der Waals surface area contributed by atoms with Crippen LogP contribution in [0.15, 0.2) is 12.2 Å². The van der Waals surface area contributed by atoms with Gasteiger partial charge in [0, 0.05) is 0 Å². The fourth-order valence-electron chi connectivity index (χ4n) is 0.925.